The van der Waals surface area contributed by atoms with E-state index in [1.165, 1.54) is 5.56 Å². The second kappa shape index (κ2) is 19.8. The van der Waals surface area contributed by atoms with Gasteiger partial charge in [-0.25, -0.2) is 14.6 Å². The maximum absolute atomic E-state index is 12.0. The van der Waals surface area contributed by atoms with E-state index in [2.05, 4.69) is 25.8 Å². The number of aromatic amines is 1. The third-order valence-electron chi connectivity index (χ3n) is 11.3. The summed E-state index contributed by atoms with van der Waals surface area (Å²) in [7, 11) is 1.70. The number of piperidine rings is 2. The molecule has 4 aliphatic heterocycles. The van der Waals surface area contributed by atoms with E-state index in [1.807, 2.05) is 41.8 Å². The number of nitrogens with one attached hydrogen (secondary N) is 1. The monoisotopic (exact) mass is 708 g/mol. The molecule has 0 saturated carbocycles. The number of ether oxygens (including phenoxy) is 3. The summed E-state index contributed by atoms with van der Waals surface area (Å²) in [5, 5.41) is 0. The molecule has 2 aromatic rings. The molecule has 51 heavy (non-hydrogen) atoms. The molecule has 12 nitrogen and oxygen atoms in total. The van der Waals surface area contributed by atoms with Gasteiger partial charge in [0.1, 0.15) is 0 Å². The molecule has 2 unspecified atom stereocenters. The Kier molecular flexibility index (Phi) is 15.0. The van der Waals surface area contributed by atoms with Crippen molar-refractivity contribution in [2.45, 2.75) is 102 Å². The smallest absolute Gasteiger partial charge is 0.409 e. The maximum atomic E-state index is 12.0. The Morgan fingerprint density at radius 3 is 1.71 bits per heavy atom. The Labute approximate surface area is 303 Å². The van der Waals surface area contributed by atoms with Gasteiger partial charge in [-0.2, -0.15) is 0 Å². The van der Waals surface area contributed by atoms with Crippen LogP contribution in [0.3, 0.4) is 0 Å². The molecular weight excluding hydrogens is 648 g/mol. The number of pyridine rings is 2. The van der Waals surface area contributed by atoms with Crippen molar-refractivity contribution < 1.29 is 23.8 Å². The van der Waals surface area contributed by atoms with Crippen molar-refractivity contribution in [1.29, 1.82) is 0 Å². The molecule has 6 heterocycles. The molecule has 4 aliphatic rings. The molecule has 12 heteroatoms. The minimum Gasteiger partial charge on any atom is -0.481 e. The van der Waals surface area contributed by atoms with Crippen molar-refractivity contribution in [2.75, 3.05) is 72.7 Å². The summed E-state index contributed by atoms with van der Waals surface area (Å²) in [4.78, 5) is 51.9. The Morgan fingerprint density at radius 1 is 0.706 bits per heavy atom. The normalized spacial score (nSPS) is 23.0. The molecule has 0 aromatic carbocycles. The number of aromatic nitrogens is 2. The van der Waals surface area contributed by atoms with E-state index in [0.29, 0.717) is 37.1 Å². The lowest BCUT2D eigenvalue weighted by Crippen LogP contribution is -2.42. The lowest BCUT2D eigenvalue weighted by Gasteiger charge is -2.37. The van der Waals surface area contributed by atoms with Crippen molar-refractivity contribution in [1.82, 2.24) is 29.6 Å². The summed E-state index contributed by atoms with van der Waals surface area (Å²) in [6.07, 6.45) is 13.9. The standard InChI is InChI=1S/C20H31N3O3.C19H29N3O3/c1-3-26-20(24)23-12-5-6-17(10-15-23)22-13-8-16(9-14-22)18-7-4-11-21-19(18)25-2;1-2-25-19(24)22-11-4-5-16(9-14-22)21-12-7-15(8-13-21)17-6-3-10-20-18(17)23/h4,7,11,16-17H,3,5-6,8-10,12-15H2,1-2H3;3,6,10,15-16H,2,4-5,7-9,11-14H2,1H3,(H,20,23). The summed E-state index contributed by atoms with van der Waals surface area (Å²) < 4.78 is 15.7. The van der Waals surface area contributed by atoms with Crippen LogP contribution >= 0.6 is 0 Å². The van der Waals surface area contributed by atoms with Gasteiger partial charge < -0.3 is 38.8 Å². The first-order chi connectivity index (χ1) is 24.9. The average molecular weight is 709 g/mol. The summed E-state index contributed by atoms with van der Waals surface area (Å²) >= 11 is 0. The van der Waals surface area contributed by atoms with Crippen LogP contribution in [0, 0.1) is 0 Å². The topological polar surface area (TPSA) is 121 Å². The molecule has 0 bridgehead atoms. The van der Waals surface area contributed by atoms with Crippen LogP contribution in [-0.4, -0.2) is 127 Å². The zero-order valence-electron chi connectivity index (χ0n) is 31.1. The third-order valence-corrected chi connectivity index (χ3v) is 11.3. The van der Waals surface area contributed by atoms with E-state index in [9.17, 15) is 14.4 Å². The Hall–Kier alpha value is -3.64. The molecule has 4 fully saturated rings. The van der Waals surface area contributed by atoms with E-state index >= 15 is 0 Å². The van der Waals surface area contributed by atoms with E-state index in [4.69, 9.17) is 14.2 Å². The van der Waals surface area contributed by atoms with Gasteiger partial charge in [0.05, 0.1) is 20.3 Å². The highest BCUT2D eigenvalue weighted by molar-refractivity contribution is 5.68. The summed E-state index contributed by atoms with van der Waals surface area (Å²) in [5.74, 6) is 1.66. The fourth-order valence-corrected chi connectivity index (χ4v) is 8.47. The van der Waals surface area contributed by atoms with Gasteiger partial charge >= 0.3 is 12.2 Å². The minimum atomic E-state index is -0.176. The molecule has 2 atom stereocenters. The maximum Gasteiger partial charge on any atom is 0.409 e. The number of H-pyrrole nitrogens is 1. The SMILES string of the molecule is CCOC(=O)N1CCCC(N2CCC(c3ccc[nH]c3=O)CC2)CC1.CCOC(=O)N1CCCC(N2CCC(c3cccnc3OC)CC2)CC1. The second-order valence-electron chi connectivity index (χ2n) is 14.2. The van der Waals surface area contributed by atoms with E-state index < -0.39 is 0 Å². The first-order valence-corrected chi connectivity index (χ1v) is 19.4. The number of amides is 2. The number of carbonyl (C=O) groups is 2. The highest BCUT2D eigenvalue weighted by atomic mass is 16.6. The zero-order chi connectivity index (χ0) is 36.0. The fraction of sp³-hybridized carbons (Fsp3) is 0.692. The van der Waals surface area contributed by atoms with E-state index in [0.717, 1.165) is 128 Å². The molecule has 4 saturated heterocycles. The number of hydrogen-bond acceptors (Lipinski definition) is 9. The fourth-order valence-electron chi connectivity index (χ4n) is 8.47. The predicted octanol–water partition coefficient (Wildman–Crippen LogP) is 5.85. The van der Waals surface area contributed by atoms with Crippen LogP contribution in [0.25, 0.3) is 0 Å². The van der Waals surface area contributed by atoms with Crippen LogP contribution < -0.4 is 10.3 Å². The highest BCUT2D eigenvalue weighted by Crippen LogP contribution is 2.34. The molecule has 1 N–H and O–H groups in total. The molecule has 0 spiro atoms. The summed E-state index contributed by atoms with van der Waals surface area (Å²) in [5.41, 5.74) is 2.22. The van der Waals surface area contributed by atoms with Gasteiger partial charge in [-0.3, -0.25) is 4.79 Å². The number of nitrogens with zero attached hydrogens (tertiary/aromatic N) is 5. The van der Waals surface area contributed by atoms with Crippen molar-refractivity contribution in [3.8, 4) is 5.88 Å². The summed E-state index contributed by atoms with van der Waals surface area (Å²) in [6.45, 7) is 12.1. The quantitative estimate of drug-likeness (QED) is 0.378. The van der Waals surface area contributed by atoms with Crippen LogP contribution in [0.15, 0.2) is 41.5 Å². The first-order valence-electron chi connectivity index (χ1n) is 19.4. The third kappa shape index (κ3) is 10.7. The molecular formula is C39H60N6O6. The van der Waals surface area contributed by atoms with Crippen molar-refractivity contribution in [2.24, 2.45) is 0 Å². The Balaban J connectivity index is 0.000000198. The van der Waals surface area contributed by atoms with Gasteiger partial charge in [0, 0.05) is 61.8 Å². The molecule has 0 radical (unpaired) electrons. The van der Waals surface area contributed by atoms with Gasteiger partial charge in [0.15, 0.2) is 0 Å². The van der Waals surface area contributed by atoms with Gasteiger partial charge in [-0.15, -0.1) is 0 Å². The van der Waals surface area contributed by atoms with Crippen molar-refractivity contribution in [3.05, 3.63) is 58.1 Å². The number of hydrogen-bond donors (Lipinski definition) is 1. The highest BCUT2D eigenvalue weighted by Gasteiger charge is 2.31. The second-order valence-corrected chi connectivity index (χ2v) is 14.2. The van der Waals surface area contributed by atoms with Gasteiger partial charge in [-0.05, 0) is 128 Å². The van der Waals surface area contributed by atoms with E-state index in [1.54, 1.807) is 19.5 Å². The van der Waals surface area contributed by atoms with Crippen molar-refractivity contribution in [3.63, 3.8) is 0 Å². The van der Waals surface area contributed by atoms with Crippen LogP contribution in [0.4, 0.5) is 9.59 Å². The molecule has 6 rings (SSSR count). The lowest BCUT2D eigenvalue weighted by atomic mass is 9.89. The van der Waals surface area contributed by atoms with Gasteiger partial charge in [-0.1, -0.05) is 12.1 Å². The van der Waals surface area contributed by atoms with Crippen LogP contribution in [0.1, 0.15) is 101 Å². The molecule has 2 amide bonds. The van der Waals surface area contributed by atoms with Crippen LogP contribution in [-0.2, 0) is 9.47 Å². The minimum absolute atomic E-state index is 0.0560. The Bertz CT molecular complexity index is 1420. The summed E-state index contributed by atoms with van der Waals surface area (Å²) in [6, 6.07) is 9.13. The number of carbonyl (C=O) groups excluding carboxylic acids is 2. The molecule has 2 aromatic heterocycles. The van der Waals surface area contributed by atoms with Crippen molar-refractivity contribution >= 4 is 12.2 Å². The number of methoxy groups -OCH3 is 1. The number of rotatable bonds is 7. The van der Waals surface area contributed by atoms with E-state index in [-0.39, 0.29) is 17.7 Å². The lowest BCUT2D eigenvalue weighted by molar-refractivity contribution is 0.104. The van der Waals surface area contributed by atoms with Crippen LogP contribution in [0.2, 0.25) is 0 Å². The zero-order valence-corrected chi connectivity index (χ0v) is 31.1. The Morgan fingerprint density at radius 2 is 1.22 bits per heavy atom. The van der Waals surface area contributed by atoms with Gasteiger partial charge in [0.2, 0.25) is 5.88 Å². The number of likely N-dealkylation sites (tertiary alicyclic amines) is 4. The molecule has 282 valence electrons. The van der Waals surface area contributed by atoms with Gasteiger partial charge in [0.25, 0.3) is 5.56 Å². The largest absolute Gasteiger partial charge is 0.481 e. The predicted molar refractivity (Wildman–Crippen MR) is 197 cm³/mol. The van der Waals surface area contributed by atoms with Crippen LogP contribution in [0.5, 0.6) is 5.88 Å². The molecule has 0 aliphatic carbocycles. The first kappa shape index (κ1) is 38.6. The average Bonchev–Trinajstić information content (AvgIpc) is 3.58.